The lowest BCUT2D eigenvalue weighted by Gasteiger charge is -2.22. The Morgan fingerprint density at radius 2 is 1.37 bits per heavy atom. The molecular weight excluding hydrogens is 350 g/mol. The van der Waals surface area contributed by atoms with Crippen LogP contribution in [0.5, 0.6) is 0 Å². The van der Waals surface area contributed by atoms with Gasteiger partial charge in [-0.1, -0.05) is 51.9 Å². The largest absolute Gasteiger partial charge is 0.481 e. The van der Waals surface area contributed by atoms with Crippen LogP contribution in [0.4, 0.5) is 0 Å². The summed E-state index contributed by atoms with van der Waals surface area (Å²) in [6.45, 7) is 2.05. The van der Waals surface area contributed by atoms with Crippen LogP contribution in [0.1, 0.15) is 84.0 Å². The first-order valence-electron chi connectivity index (χ1n) is 10.2. The zero-order chi connectivity index (χ0) is 20.5. The van der Waals surface area contributed by atoms with E-state index in [1.807, 2.05) is 0 Å². The Morgan fingerprint density at radius 3 is 1.81 bits per heavy atom. The second-order valence-corrected chi connectivity index (χ2v) is 7.09. The average molecular weight is 390 g/mol. The van der Waals surface area contributed by atoms with Crippen LogP contribution < -0.4 is 5.32 Å². The lowest BCUT2D eigenvalue weighted by molar-refractivity contribution is -0.146. The van der Waals surface area contributed by atoms with Gasteiger partial charge in [-0.15, -0.1) is 0 Å². The van der Waals surface area contributed by atoms with Gasteiger partial charge < -0.3 is 25.0 Å². The summed E-state index contributed by atoms with van der Waals surface area (Å²) >= 11 is 0. The Labute approximate surface area is 163 Å². The van der Waals surface area contributed by atoms with Gasteiger partial charge in [-0.25, -0.2) is 0 Å². The third kappa shape index (κ3) is 14.5. The fraction of sp³-hybridized carbons (Fsp3) is 0.900. The molecule has 0 aromatic heterocycles. The summed E-state index contributed by atoms with van der Waals surface area (Å²) in [5, 5.41) is 21.0. The van der Waals surface area contributed by atoms with Gasteiger partial charge in [0, 0.05) is 20.3 Å². The third-order valence-electron chi connectivity index (χ3n) is 4.77. The monoisotopic (exact) mass is 389 g/mol. The zero-order valence-corrected chi connectivity index (χ0v) is 17.2. The van der Waals surface area contributed by atoms with Crippen molar-refractivity contribution in [2.75, 3.05) is 14.2 Å². The Hall–Kier alpha value is -1.18. The molecule has 7 heteroatoms. The molecule has 3 N–H and O–H groups in total. The fourth-order valence-electron chi connectivity index (χ4n) is 3.25. The van der Waals surface area contributed by atoms with Gasteiger partial charge in [0.1, 0.15) is 6.04 Å². The molecule has 0 radical (unpaired) electrons. The SMILES string of the molecule is CCCC(CCCCCCCCCC(OC)OC)N[C@@H](CC(=O)O)C(=O)O. The Kier molecular flexibility index (Phi) is 16.2. The van der Waals surface area contributed by atoms with E-state index in [9.17, 15) is 14.7 Å². The molecule has 0 amide bonds. The number of hydrogen-bond acceptors (Lipinski definition) is 5. The van der Waals surface area contributed by atoms with Crippen molar-refractivity contribution in [1.29, 1.82) is 0 Å². The minimum absolute atomic E-state index is 0.0653. The van der Waals surface area contributed by atoms with E-state index in [2.05, 4.69) is 12.2 Å². The number of aliphatic carboxylic acids is 2. The molecule has 0 aliphatic heterocycles. The van der Waals surface area contributed by atoms with Crippen molar-refractivity contribution in [1.82, 2.24) is 5.32 Å². The van der Waals surface area contributed by atoms with Crippen LogP contribution in [0.2, 0.25) is 0 Å². The number of carboxylic acids is 2. The van der Waals surface area contributed by atoms with Crippen LogP contribution in [0.3, 0.4) is 0 Å². The molecule has 160 valence electrons. The average Bonchev–Trinajstić information content (AvgIpc) is 2.62. The van der Waals surface area contributed by atoms with Gasteiger partial charge in [0.25, 0.3) is 0 Å². The molecule has 2 atom stereocenters. The molecule has 1 unspecified atom stereocenters. The number of carbonyl (C=O) groups is 2. The van der Waals surface area contributed by atoms with E-state index in [-0.39, 0.29) is 18.8 Å². The predicted molar refractivity (Wildman–Crippen MR) is 105 cm³/mol. The first-order valence-corrected chi connectivity index (χ1v) is 10.2. The minimum atomic E-state index is -1.09. The summed E-state index contributed by atoms with van der Waals surface area (Å²) in [6, 6.07) is -0.947. The maximum Gasteiger partial charge on any atom is 0.321 e. The number of methoxy groups -OCH3 is 2. The van der Waals surface area contributed by atoms with Crippen molar-refractivity contribution < 1.29 is 29.3 Å². The van der Waals surface area contributed by atoms with E-state index in [0.717, 1.165) is 44.9 Å². The van der Waals surface area contributed by atoms with Crippen molar-refractivity contribution in [2.45, 2.75) is 102 Å². The fourth-order valence-corrected chi connectivity index (χ4v) is 3.25. The zero-order valence-electron chi connectivity index (χ0n) is 17.2. The Balaban J connectivity index is 3.89. The topological polar surface area (TPSA) is 105 Å². The predicted octanol–water partition coefficient (Wildman–Crippen LogP) is 3.80. The summed E-state index contributed by atoms with van der Waals surface area (Å²) in [7, 11) is 3.32. The Bertz CT molecular complexity index is 387. The maximum absolute atomic E-state index is 11.2. The van der Waals surface area contributed by atoms with E-state index < -0.39 is 18.0 Å². The van der Waals surface area contributed by atoms with E-state index in [1.165, 1.54) is 25.7 Å². The van der Waals surface area contributed by atoms with Gasteiger partial charge in [-0.05, 0) is 25.7 Å². The number of ether oxygens (including phenoxy) is 2. The molecule has 27 heavy (non-hydrogen) atoms. The van der Waals surface area contributed by atoms with Gasteiger partial charge in [0.15, 0.2) is 6.29 Å². The first kappa shape index (κ1) is 25.8. The maximum atomic E-state index is 11.2. The van der Waals surface area contributed by atoms with E-state index in [1.54, 1.807) is 14.2 Å². The molecule has 0 aromatic carbocycles. The second kappa shape index (κ2) is 17.0. The molecule has 0 rings (SSSR count). The van der Waals surface area contributed by atoms with Crippen LogP contribution in [-0.4, -0.2) is 54.7 Å². The molecule has 0 saturated carbocycles. The molecule has 0 saturated heterocycles. The number of nitrogens with one attached hydrogen (secondary N) is 1. The van der Waals surface area contributed by atoms with Gasteiger partial charge >= 0.3 is 11.9 Å². The van der Waals surface area contributed by atoms with Crippen molar-refractivity contribution in [3.05, 3.63) is 0 Å². The Morgan fingerprint density at radius 1 is 0.852 bits per heavy atom. The van der Waals surface area contributed by atoms with E-state index in [4.69, 9.17) is 14.6 Å². The van der Waals surface area contributed by atoms with Crippen LogP contribution in [0, 0.1) is 0 Å². The molecule has 0 aliphatic rings. The number of rotatable bonds is 19. The van der Waals surface area contributed by atoms with E-state index >= 15 is 0 Å². The lowest BCUT2D eigenvalue weighted by atomic mass is 10.0. The van der Waals surface area contributed by atoms with Gasteiger partial charge in [-0.2, -0.15) is 0 Å². The third-order valence-corrected chi connectivity index (χ3v) is 4.77. The van der Waals surface area contributed by atoms with Crippen LogP contribution in [0.25, 0.3) is 0 Å². The summed E-state index contributed by atoms with van der Waals surface area (Å²) in [5.41, 5.74) is 0. The van der Waals surface area contributed by atoms with Crippen molar-refractivity contribution >= 4 is 11.9 Å². The highest BCUT2D eigenvalue weighted by atomic mass is 16.7. The van der Waals surface area contributed by atoms with Crippen molar-refractivity contribution in [3.8, 4) is 0 Å². The minimum Gasteiger partial charge on any atom is -0.481 e. The number of unbranched alkanes of at least 4 members (excludes halogenated alkanes) is 6. The van der Waals surface area contributed by atoms with Crippen molar-refractivity contribution in [2.24, 2.45) is 0 Å². The lowest BCUT2D eigenvalue weighted by Crippen LogP contribution is -2.44. The van der Waals surface area contributed by atoms with Gasteiger partial charge in [0.2, 0.25) is 0 Å². The molecule has 0 aromatic rings. The quantitative estimate of drug-likeness (QED) is 0.228. The highest BCUT2D eigenvalue weighted by Crippen LogP contribution is 2.14. The summed E-state index contributed by atoms with van der Waals surface area (Å²) in [5.74, 6) is -2.19. The molecule has 0 aliphatic carbocycles. The molecule has 0 heterocycles. The summed E-state index contributed by atoms with van der Waals surface area (Å²) < 4.78 is 10.3. The van der Waals surface area contributed by atoms with E-state index in [0.29, 0.717) is 0 Å². The van der Waals surface area contributed by atoms with Crippen molar-refractivity contribution in [3.63, 3.8) is 0 Å². The molecule has 7 nitrogen and oxygen atoms in total. The first-order chi connectivity index (χ1) is 12.9. The molecule has 0 spiro atoms. The standard InChI is InChI=1S/C20H39NO6/c1-4-12-16(21-17(20(24)25)15-18(22)23)13-10-8-6-5-7-9-11-14-19(26-2)27-3/h16-17,19,21H,4-15H2,1-3H3,(H,22,23)(H,24,25)/t16?,17-/m0/s1. The summed E-state index contributed by atoms with van der Waals surface area (Å²) in [6.07, 6.45) is 11.2. The smallest absolute Gasteiger partial charge is 0.321 e. The van der Waals surface area contributed by atoms with Gasteiger partial charge in [0.05, 0.1) is 6.42 Å². The van der Waals surface area contributed by atoms with Crippen LogP contribution in [-0.2, 0) is 19.1 Å². The number of hydrogen-bond donors (Lipinski definition) is 3. The normalized spacial score (nSPS) is 13.6. The van der Waals surface area contributed by atoms with Crippen LogP contribution >= 0.6 is 0 Å². The van der Waals surface area contributed by atoms with Gasteiger partial charge in [-0.3, -0.25) is 9.59 Å². The van der Waals surface area contributed by atoms with Crippen LogP contribution in [0.15, 0.2) is 0 Å². The molecule has 0 fully saturated rings. The molecular formula is C20H39NO6. The molecule has 0 bridgehead atoms. The highest BCUT2D eigenvalue weighted by molar-refractivity contribution is 5.80. The highest BCUT2D eigenvalue weighted by Gasteiger charge is 2.23. The number of carboxylic acid groups (broad SMARTS) is 2. The second-order valence-electron chi connectivity index (χ2n) is 7.09. The summed E-state index contributed by atoms with van der Waals surface area (Å²) in [4.78, 5) is 22.0.